The van der Waals surface area contributed by atoms with Gasteiger partial charge in [0.05, 0.1) is 16.4 Å². The van der Waals surface area contributed by atoms with Crippen LogP contribution in [0.3, 0.4) is 0 Å². The van der Waals surface area contributed by atoms with E-state index in [0.29, 0.717) is 28.7 Å². The lowest BCUT2D eigenvalue weighted by molar-refractivity contribution is -0.118. The van der Waals surface area contributed by atoms with Gasteiger partial charge in [-0.2, -0.15) is 0 Å². The molecular weight excluding hydrogens is 323 g/mol. The molecule has 2 N–H and O–H groups in total. The topological polar surface area (TPSA) is 59.6 Å². The van der Waals surface area contributed by atoms with Gasteiger partial charge in [0.1, 0.15) is 12.4 Å². The van der Waals surface area contributed by atoms with Crippen LogP contribution in [-0.4, -0.2) is 25.7 Å². The van der Waals surface area contributed by atoms with Gasteiger partial charge in [0.15, 0.2) is 18.2 Å². The van der Waals surface area contributed by atoms with Crippen LogP contribution in [-0.2, 0) is 4.79 Å². The number of fused-ring (bicyclic) bond motifs is 1. The molecule has 0 radical (unpaired) electrons. The largest absolute Gasteiger partial charge is 0.489 e. The van der Waals surface area contributed by atoms with E-state index in [1.807, 2.05) is 0 Å². The second-order valence-electron chi connectivity index (χ2n) is 4.87. The van der Waals surface area contributed by atoms with Crippen molar-refractivity contribution in [2.45, 2.75) is 0 Å². The van der Waals surface area contributed by atoms with Crippen molar-refractivity contribution in [1.29, 1.82) is 0 Å². The van der Waals surface area contributed by atoms with Crippen molar-refractivity contribution < 1.29 is 18.7 Å². The molecular formula is C16H14ClFN2O3. The smallest absolute Gasteiger partial charge is 0.262 e. The van der Waals surface area contributed by atoms with Gasteiger partial charge < -0.3 is 20.1 Å². The number of halogens is 2. The molecule has 0 aromatic heterocycles. The van der Waals surface area contributed by atoms with E-state index in [0.717, 1.165) is 0 Å². The van der Waals surface area contributed by atoms with Crippen molar-refractivity contribution in [3.05, 3.63) is 47.2 Å². The first-order valence-corrected chi connectivity index (χ1v) is 7.38. The van der Waals surface area contributed by atoms with Gasteiger partial charge >= 0.3 is 0 Å². The van der Waals surface area contributed by atoms with Gasteiger partial charge in [-0.05, 0) is 18.2 Å². The van der Waals surface area contributed by atoms with Crippen LogP contribution in [0.15, 0.2) is 36.4 Å². The molecule has 0 bridgehead atoms. The average Bonchev–Trinajstić information content (AvgIpc) is 2.53. The average molecular weight is 337 g/mol. The van der Waals surface area contributed by atoms with Crippen LogP contribution >= 0.6 is 11.6 Å². The SMILES string of the molecule is O=C1COc2cc(NCCOc3ccccc3F)c(Cl)cc2N1. The number of rotatable bonds is 5. The second kappa shape index (κ2) is 6.75. The summed E-state index contributed by atoms with van der Waals surface area (Å²) < 4.78 is 24.1. The van der Waals surface area contributed by atoms with Crippen molar-refractivity contribution in [3.8, 4) is 11.5 Å². The molecule has 2 aromatic carbocycles. The van der Waals surface area contributed by atoms with Crippen LogP contribution in [0.4, 0.5) is 15.8 Å². The third-order valence-electron chi connectivity index (χ3n) is 3.21. The first-order valence-electron chi connectivity index (χ1n) is 7.01. The summed E-state index contributed by atoms with van der Waals surface area (Å²) in [6, 6.07) is 9.55. The molecule has 0 aliphatic carbocycles. The Balaban J connectivity index is 1.58. The summed E-state index contributed by atoms with van der Waals surface area (Å²) in [4.78, 5) is 11.3. The number of nitrogens with one attached hydrogen (secondary N) is 2. The third-order valence-corrected chi connectivity index (χ3v) is 3.53. The highest BCUT2D eigenvalue weighted by molar-refractivity contribution is 6.33. The zero-order valence-corrected chi connectivity index (χ0v) is 12.8. The van der Waals surface area contributed by atoms with Crippen LogP contribution in [0, 0.1) is 5.82 Å². The van der Waals surface area contributed by atoms with Crippen molar-refractivity contribution in [3.63, 3.8) is 0 Å². The van der Waals surface area contributed by atoms with E-state index in [1.165, 1.54) is 6.07 Å². The molecule has 120 valence electrons. The van der Waals surface area contributed by atoms with E-state index in [2.05, 4.69) is 10.6 Å². The third kappa shape index (κ3) is 3.65. The summed E-state index contributed by atoms with van der Waals surface area (Å²) in [5.74, 6) is 0.138. The van der Waals surface area contributed by atoms with Crippen LogP contribution in [0.5, 0.6) is 11.5 Å². The summed E-state index contributed by atoms with van der Waals surface area (Å²) in [5.41, 5.74) is 1.19. The van der Waals surface area contributed by atoms with Gasteiger partial charge in [-0.1, -0.05) is 23.7 Å². The van der Waals surface area contributed by atoms with Crippen LogP contribution < -0.4 is 20.1 Å². The minimum Gasteiger partial charge on any atom is -0.489 e. The predicted octanol–water partition coefficient (Wildman–Crippen LogP) is 3.30. The number of amides is 1. The van der Waals surface area contributed by atoms with E-state index in [-0.39, 0.29) is 24.9 Å². The lowest BCUT2D eigenvalue weighted by Crippen LogP contribution is -2.25. The van der Waals surface area contributed by atoms with E-state index in [4.69, 9.17) is 21.1 Å². The Morgan fingerprint density at radius 1 is 1.35 bits per heavy atom. The molecule has 5 nitrogen and oxygen atoms in total. The highest BCUT2D eigenvalue weighted by atomic mass is 35.5. The first-order chi connectivity index (χ1) is 11.1. The maximum Gasteiger partial charge on any atom is 0.262 e. The van der Waals surface area contributed by atoms with Crippen molar-refractivity contribution in [2.75, 3.05) is 30.4 Å². The Bertz CT molecular complexity index is 739. The summed E-state index contributed by atoms with van der Waals surface area (Å²) in [6.07, 6.45) is 0. The second-order valence-corrected chi connectivity index (χ2v) is 5.28. The van der Waals surface area contributed by atoms with Gasteiger partial charge in [-0.25, -0.2) is 4.39 Å². The maximum atomic E-state index is 13.4. The predicted molar refractivity (Wildman–Crippen MR) is 86.0 cm³/mol. The lowest BCUT2D eigenvalue weighted by atomic mass is 10.2. The zero-order chi connectivity index (χ0) is 16.2. The Morgan fingerprint density at radius 2 is 2.17 bits per heavy atom. The molecule has 0 unspecified atom stereocenters. The van der Waals surface area contributed by atoms with Gasteiger partial charge in [-0.15, -0.1) is 0 Å². The fourth-order valence-electron chi connectivity index (χ4n) is 2.14. The monoisotopic (exact) mass is 336 g/mol. The standard InChI is InChI=1S/C16H14ClFN2O3/c17-10-7-13-15(23-9-16(21)20-13)8-12(10)19-5-6-22-14-4-2-1-3-11(14)18/h1-4,7-8,19H,5-6,9H2,(H,20,21). The molecule has 0 fully saturated rings. The normalized spacial score (nSPS) is 12.9. The van der Waals surface area contributed by atoms with E-state index >= 15 is 0 Å². The summed E-state index contributed by atoms with van der Waals surface area (Å²) in [6.45, 7) is 0.676. The number of para-hydroxylation sites is 1. The summed E-state index contributed by atoms with van der Waals surface area (Å²) >= 11 is 6.16. The molecule has 3 rings (SSSR count). The molecule has 1 aliphatic heterocycles. The van der Waals surface area contributed by atoms with Crippen molar-refractivity contribution in [1.82, 2.24) is 0 Å². The fraction of sp³-hybridized carbons (Fsp3) is 0.188. The van der Waals surface area contributed by atoms with Crippen LogP contribution in [0.25, 0.3) is 0 Å². The summed E-state index contributed by atoms with van der Waals surface area (Å²) in [7, 11) is 0. The number of anilines is 2. The number of hydrogen-bond acceptors (Lipinski definition) is 4. The number of carbonyl (C=O) groups excluding carboxylic acids is 1. The molecule has 2 aromatic rings. The lowest BCUT2D eigenvalue weighted by Gasteiger charge is -2.20. The van der Waals surface area contributed by atoms with Gasteiger partial charge in [-0.3, -0.25) is 4.79 Å². The Hall–Kier alpha value is -2.47. The molecule has 7 heteroatoms. The van der Waals surface area contributed by atoms with Crippen LogP contribution in [0.2, 0.25) is 5.02 Å². The highest BCUT2D eigenvalue weighted by Crippen LogP contribution is 2.36. The fourth-order valence-corrected chi connectivity index (χ4v) is 2.37. The minimum atomic E-state index is -0.400. The molecule has 0 atom stereocenters. The van der Waals surface area contributed by atoms with Gasteiger partial charge in [0.2, 0.25) is 0 Å². The highest BCUT2D eigenvalue weighted by Gasteiger charge is 2.18. The number of benzene rings is 2. The van der Waals surface area contributed by atoms with E-state index < -0.39 is 5.82 Å². The van der Waals surface area contributed by atoms with E-state index in [9.17, 15) is 9.18 Å². The zero-order valence-electron chi connectivity index (χ0n) is 12.1. The van der Waals surface area contributed by atoms with Gasteiger partial charge in [0, 0.05) is 12.6 Å². The van der Waals surface area contributed by atoms with Gasteiger partial charge in [0.25, 0.3) is 5.91 Å². The molecule has 1 amide bonds. The number of hydrogen-bond donors (Lipinski definition) is 2. The Labute approximate surface area is 137 Å². The minimum absolute atomic E-state index is 0.0233. The van der Waals surface area contributed by atoms with E-state index in [1.54, 1.807) is 30.3 Å². The molecule has 1 aliphatic rings. The maximum absolute atomic E-state index is 13.4. The first kappa shape index (κ1) is 15.4. The quantitative estimate of drug-likeness (QED) is 0.822. The molecule has 0 saturated carbocycles. The van der Waals surface area contributed by atoms with Crippen molar-refractivity contribution in [2.24, 2.45) is 0 Å². The number of carbonyl (C=O) groups is 1. The molecule has 1 heterocycles. The summed E-state index contributed by atoms with van der Waals surface area (Å²) in [5, 5.41) is 6.22. The molecule has 23 heavy (non-hydrogen) atoms. The van der Waals surface area contributed by atoms with Crippen molar-refractivity contribution >= 4 is 28.9 Å². The van der Waals surface area contributed by atoms with Crippen LogP contribution in [0.1, 0.15) is 0 Å². The number of ether oxygens (including phenoxy) is 2. The molecule has 0 spiro atoms. The Kier molecular flexibility index (Phi) is 4.52. The molecule has 0 saturated heterocycles. The Morgan fingerprint density at radius 3 is 3.00 bits per heavy atom.